The lowest BCUT2D eigenvalue weighted by atomic mass is 10.0. The third-order valence-electron chi connectivity index (χ3n) is 4.84. The van der Waals surface area contributed by atoms with Crippen LogP contribution in [-0.2, 0) is 22.4 Å². The molecule has 1 amide bonds. The number of nitrogens with one attached hydrogen (secondary N) is 1. The van der Waals surface area contributed by atoms with Gasteiger partial charge >= 0.3 is 0 Å². The van der Waals surface area contributed by atoms with Gasteiger partial charge in [-0.25, -0.2) is 9.97 Å². The van der Waals surface area contributed by atoms with Crippen molar-refractivity contribution in [1.82, 2.24) is 15.3 Å². The fourth-order valence-corrected chi connectivity index (χ4v) is 3.60. The molecule has 1 aromatic rings. The zero-order chi connectivity index (χ0) is 14.4. The number of rotatable bonds is 1. The van der Waals surface area contributed by atoms with Gasteiger partial charge in [0.05, 0.1) is 6.54 Å². The normalized spacial score (nSPS) is 28.0. The van der Waals surface area contributed by atoms with Gasteiger partial charge in [-0.15, -0.1) is 0 Å². The Morgan fingerprint density at radius 3 is 3.05 bits per heavy atom. The van der Waals surface area contributed by atoms with Gasteiger partial charge in [-0.2, -0.15) is 0 Å². The predicted molar refractivity (Wildman–Crippen MR) is 77.3 cm³/mol. The van der Waals surface area contributed by atoms with Crippen LogP contribution in [0.1, 0.15) is 29.8 Å². The molecule has 1 aromatic heterocycles. The Labute approximate surface area is 123 Å². The Bertz CT molecular complexity index is 592. The lowest BCUT2D eigenvalue weighted by Gasteiger charge is -2.33. The second-order valence-electron chi connectivity index (χ2n) is 6.31. The second-order valence-corrected chi connectivity index (χ2v) is 6.31. The summed E-state index contributed by atoms with van der Waals surface area (Å²) in [6, 6.07) is 0. The van der Waals surface area contributed by atoms with Crippen LogP contribution in [0.15, 0.2) is 0 Å². The lowest BCUT2D eigenvalue weighted by molar-refractivity contribution is -0.141. The van der Waals surface area contributed by atoms with Gasteiger partial charge in [-0.1, -0.05) is 0 Å². The average molecular weight is 288 g/mol. The van der Waals surface area contributed by atoms with E-state index >= 15 is 0 Å². The van der Waals surface area contributed by atoms with Gasteiger partial charge in [-0.3, -0.25) is 4.79 Å². The van der Waals surface area contributed by atoms with Gasteiger partial charge in [0.2, 0.25) is 11.9 Å². The topological polar surface area (TPSA) is 67.4 Å². The number of aromatic nitrogens is 2. The van der Waals surface area contributed by atoms with Crippen molar-refractivity contribution in [3.8, 4) is 0 Å². The highest BCUT2D eigenvalue weighted by Crippen LogP contribution is 2.31. The van der Waals surface area contributed by atoms with E-state index in [-0.39, 0.29) is 18.1 Å². The number of carbonyl (C=O) groups excluding carboxylic acids is 1. The number of anilines is 1. The summed E-state index contributed by atoms with van der Waals surface area (Å²) >= 11 is 0. The highest BCUT2D eigenvalue weighted by atomic mass is 16.5. The summed E-state index contributed by atoms with van der Waals surface area (Å²) in [5, 5.41) is 2.91. The zero-order valence-corrected chi connectivity index (χ0v) is 12.3. The summed E-state index contributed by atoms with van der Waals surface area (Å²) in [6.07, 6.45) is 4.28. The Morgan fingerprint density at radius 1 is 1.33 bits per heavy atom. The molecule has 2 aliphatic heterocycles. The SMILES string of the molecule is Cc1nc(N2CCC3(CNC(=O)CO3)C2)nc2c1CCC2. The molecule has 1 unspecified atom stereocenters. The quantitative estimate of drug-likeness (QED) is 0.808. The van der Waals surface area contributed by atoms with Crippen molar-refractivity contribution in [3.63, 3.8) is 0 Å². The van der Waals surface area contributed by atoms with Crippen LogP contribution >= 0.6 is 0 Å². The van der Waals surface area contributed by atoms with Gasteiger partial charge < -0.3 is 15.0 Å². The van der Waals surface area contributed by atoms with E-state index in [1.54, 1.807) is 0 Å². The first-order chi connectivity index (χ1) is 10.2. The number of aryl methyl sites for hydroxylation is 2. The molecule has 3 aliphatic rings. The fourth-order valence-electron chi connectivity index (χ4n) is 3.60. The average Bonchev–Trinajstić information content (AvgIpc) is 3.10. The third kappa shape index (κ3) is 2.18. The number of ether oxygens (including phenoxy) is 1. The summed E-state index contributed by atoms with van der Waals surface area (Å²) in [7, 11) is 0. The molecule has 4 rings (SSSR count). The van der Waals surface area contributed by atoms with Crippen molar-refractivity contribution in [2.24, 2.45) is 0 Å². The van der Waals surface area contributed by atoms with Crippen molar-refractivity contribution in [2.75, 3.05) is 31.1 Å². The summed E-state index contributed by atoms with van der Waals surface area (Å²) in [5.41, 5.74) is 3.42. The third-order valence-corrected chi connectivity index (χ3v) is 4.84. The van der Waals surface area contributed by atoms with Crippen molar-refractivity contribution in [3.05, 3.63) is 17.0 Å². The van der Waals surface area contributed by atoms with E-state index in [2.05, 4.69) is 17.1 Å². The number of amides is 1. The molecule has 0 bridgehead atoms. The first-order valence-electron chi connectivity index (χ1n) is 7.67. The Kier molecular flexibility index (Phi) is 2.89. The summed E-state index contributed by atoms with van der Waals surface area (Å²) in [4.78, 5) is 22.9. The molecule has 3 heterocycles. The molecule has 1 spiro atoms. The number of fused-ring (bicyclic) bond motifs is 1. The van der Waals surface area contributed by atoms with Crippen LogP contribution in [0.5, 0.6) is 0 Å². The molecule has 2 fully saturated rings. The molecule has 0 aromatic carbocycles. The first kappa shape index (κ1) is 13.0. The van der Waals surface area contributed by atoms with Crippen LogP contribution in [0.3, 0.4) is 0 Å². The molecule has 1 aliphatic carbocycles. The number of nitrogens with zero attached hydrogens (tertiary/aromatic N) is 3. The molecule has 6 heteroatoms. The van der Waals surface area contributed by atoms with Crippen molar-refractivity contribution < 1.29 is 9.53 Å². The van der Waals surface area contributed by atoms with E-state index in [4.69, 9.17) is 14.7 Å². The Morgan fingerprint density at radius 2 is 2.24 bits per heavy atom. The first-order valence-corrected chi connectivity index (χ1v) is 7.67. The van der Waals surface area contributed by atoms with Crippen molar-refractivity contribution in [2.45, 2.75) is 38.2 Å². The van der Waals surface area contributed by atoms with Crippen LogP contribution < -0.4 is 10.2 Å². The second kappa shape index (κ2) is 4.66. The lowest BCUT2D eigenvalue weighted by Crippen LogP contribution is -2.54. The highest BCUT2D eigenvalue weighted by Gasteiger charge is 2.43. The fraction of sp³-hybridized carbons (Fsp3) is 0.667. The van der Waals surface area contributed by atoms with Crippen LogP contribution in [-0.4, -0.2) is 47.7 Å². The maximum atomic E-state index is 11.3. The van der Waals surface area contributed by atoms with E-state index < -0.39 is 0 Å². The highest BCUT2D eigenvalue weighted by molar-refractivity contribution is 5.78. The number of hydrogen-bond donors (Lipinski definition) is 1. The monoisotopic (exact) mass is 288 g/mol. The maximum Gasteiger partial charge on any atom is 0.246 e. The molecule has 1 N–H and O–H groups in total. The van der Waals surface area contributed by atoms with Crippen LogP contribution in [0.4, 0.5) is 5.95 Å². The summed E-state index contributed by atoms with van der Waals surface area (Å²) in [6.45, 7) is 4.47. The van der Waals surface area contributed by atoms with Gasteiger partial charge in [-0.05, 0) is 38.2 Å². The van der Waals surface area contributed by atoms with Crippen LogP contribution in [0.2, 0.25) is 0 Å². The minimum Gasteiger partial charge on any atom is -0.361 e. The van der Waals surface area contributed by atoms with E-state index in [1.165, 1.54) is 17.7 Å². The molecule has 6 nitrogen and oxygen atoms in total. The Balaban J connectivity index is 1.56. The van der Waals surface area contributed by atoms with Crippen molar-refractivity contribution >= 4 is 11.9 Å². The largest absolute Gasteiger partial charge is 0.361 e. The molecular weight excluding hydrogens is 268 g/mol. The van der Waals surface area contributed by atoms with Crippen LogP contribution in [0.25, 0.3) is 0 Å². The van der Waals surface area contributed by atoms with E-state index in [0.29, 0.717) is 6.54 Å². The van der Waals surface area contributed by atoms with Gasteiger partial charge in [0.1, 0.15) is 12.2 Å². The maximum absolute atomic E-state index is 11.3. The minimum absolute atomic E-state index is 0.0244. The molecule has 1 atom stereocenters. The standard InChI is InChI=1S/C15H20N4O2/c1-10-11-3-2-4-12(11)18-14(17-10)19-6-5-15(9-19)8-16-13(20)7-21-15/h2-9H2,1H3,(H,16,20). The number of morpholine rings is 1. The summed E-state index contributed by atoms with van der Waals surface area (Å²) in [5.74, 6) is 0.800. The zero-order valence-electron chi connectivity index (χ0n) is 12.3. The molecule has 112 valence electrons. The molecule has 21 heavy (non-hydrogen) atoms. The Hall–Kier alpha value is -1.69. The number of hydrogen-bond acceptors (Lipinski definition) is 5. The van der Waals surface area contributed by atoms with E-state index in [9.17, 15) is 4.79 Å². The molecular formula is C15H20N4O2. The van der Waals surface area contributed by atoms with Gasteiger partial charge in [0.15, 0.2) is 0 Å². The smallest absolute Gasteiger partial charge is 0.246 e. The van der Waals surface area contributed by atoms with Gasteiger partial charge in [0.25, 0.3) is 0 Å². The number of carbonyl (C=O) groups is 1. The molecule has 0 saturated carbocycles. The summed E-state index contributed by atoms with van der Waals surface area (Å²) < 4.78 is 5.80. The molecule has 0 radical (unpaired) electrons. The molecule has 2 saturated heterocycles. The van der Waals surface area contributed by atoms with E-state index in [0.717, 1.165) is 44.0 Å². The minimum atomic E-state index is -0.260. The predicted octanol–water partition coefficient (Wildman–Crippen LogP) is 0.369. The van der Waals surface area contributed by atoms with Gasteiger partial charge in [0, 0.05) is 24.5 Å². The van der Waals surface area contributed by atoms with E-state index in [1.807, 2.05) is 0 Å². The van der Waals surface area contributed by atoms with Crippen molar-refractivity contribution in [1.29, 1.82) is 0 Å². The van der Waals surface area contributed by atoms with Crippen LogP contribution in [0, 0.1) is 6.92 Å².